The summed E-state index contributed by atoms with van der Waals surface area (Å²) in [5.41, 5.74) is 12.4. The first-order valence-corrected chi connectivity index (χ1v) is 7.16. The van der Waals surface area contributed by atoms with Crippen LogP contribution in [-0.4, -0.2) is 54.2 Å². The lowest BCUT2D eigenvalue weighted by Crippen LogP contribution is -2.50. The number of hydrogen-bond donors (Lipinski definition) is 3. The predicted molar refractivity (Wildman–Crippen MR) is 84.3 cm³/mol. The van der Waals surface area contributed by atoms with Crippen LogP contribution in [-0.2, 0) is 0 Å². The van der Waals surface area contributed by atoms with Crippen LogP contribution in [0.5, 0.6) is 0 Å². The lowest BCUT2D eigenvalue weighted by Gasteiger charge is -2.38. The third kappa shape index (κ3) is 3.86. The Kier molecular flexibility index (Phi) is 4.39. The first kappa shape index (κ1) is 15.6. The molecule has 1 aromatic carbocycles. The molecule has 0 unspecified atom stereocenters. The fraction of sp³-hybridized carbons (Fsp3) is 0.533. The average molecular weight is 292 g/mol. The molecule has 21 heavy (non-hydrogen) atoms. The molecule has 6 heteroatoms. The zero-order chi connectivity index (χ0) is 15.6. The van der Waals surface area contributed by atoms with E-state index in [9.17, 15) is 9.90 Å². The second kappa shape index (κ2) is 5.91. The number of β-amino-alcohol motifs (C(OH)–C–C–N with tert-alkyl or cyclic N) is 1. The first-order chi connectivity index (χ1) is 9.78. The van der Waals surface area contributed by atoms with E-state index >= 15 is 0 Å². The SMILES string of the molecule is CC(C)(O)CN1CCN(c2cccc(C(N)=O)c2N)CC1. The van der Waals surface area contributed by atoms with Crippen molar-refractivity contribution in [3.8, 4) is 0 Å². The second-order valence-corrected chi connectivity index (χ2v) is 6.18. The van der Waals surface area contributed by atoms with Crippen molar-refractivity contribution in [2.75, 3.05) is 43.4 Å². The number of piperazine rings is 1. The molecule has 6 nitrogen and oxygen atoms in total. The van der Waals surface area contributed by atoms with E-state index in [1.165, 1.54) is 0 Å². The smallest absolute Gasteiger partial charge is 0.250 e. The van der Waals surface area contributed by atoms with E-state index in [-0.39, 0.29) is 0 Å². The van der Waals surface area contributed by atoms with Crippen molar-refractivity contribution in [3.63, 3.8) is 0 Å². The highest BCUT2D eigenvalue weighted by Crippen LogP contribution is 2.27. The van der Waals surface area contributed by atoms with Gasteiger partial charge in [-0.25, -0.2) is 0 Å². The molecule has 116 valence electrons. The number of aliphatic hydroxyl groups is 1. The molecule has 1 amide bonds. The van der Waals surface area contributed by atoms with Crippen molar-refractivity contribution in [2.45, 2.75) is 19.4 Å². The topological polar surface area (TPSA) is 95.8 Å². The molecule has 0 atom stereocenters. The van der Waals surface area contributed by atoms with Crippen molar-refractivity contribution in [1.29, 1.82) is 0 Å². The van der Waals surface area contributed by atoms with Gasteiger partial charge in [0.2, 0.25) is 0 Å². The number of carbonyl (C=O) groups excluding carboxylic acids is 1. The zero-order valence-electron chi connectivity index (χ0n) is 12.7. The van der Waals surface area contributed by atoms with Crippen LogP contribution >= 0.6 is 0 Å². The molecule has 5 N–H and O–H groups in total. The second-order valence-electron chi connectivity index (χ2n) is 6.18. The maximum atomic E-state index is 11.4. The largest absolute Gasteiger partial charge is 0.396 e. The number of primary amides is 1. The number of anilines is 2. The molecule has 1 fully saturated rings. The van der Waals surface area contributed by atoms with E-state index in [0.717, 1.165) is 31.9 Å². The zero-order valence-corrected chi connectivity index (χ0v) is 12.7. The van der Waals surface area contributed by atoms with E-state index in [0.29, 0.717) is 17.8 Å². The number of carbonyl (C=O) groups is 1. The number of rotatable bonds is 4. The Morgan fingerprint density at radius 3 is 2.43 bits per heavy atom. The van der Waals surface area contributed by atoms with Gasteiger partial charge in [0.1, 0.15) is 0 Å². The minimum absolute atomic E-state index is 0.367. The number of benzene rings is 1. The Hall–Kier alpha value is -1.79. The quantitative estimate of drug-likeness (QED) is 0.692. The predicted octanol–water partition coefficient (Wildman–Crippen LogP) is 0.261. The molecule has 0 saturated carbocycles. The highest BCUT2D eigenvalue weighted by atomic mass is 16.3. The van der Waals surface area contributed by atoms with Crippen molar-refractivity contribution in [2.24, 2.45) is 5.73 Å². The van der Waals surface area contributed by atoms with Gasteiger partial charge in [0.05, 0.1) is 22.5 Å². The molecule has 1 saturated heterocycles. The van der Waals surface area contributed by atoms with Gasteiger partial charge in [-0.15, -0.1) is 0 Å². The van der Waals surface area contributed by atoms with Crippen molar-refractivity contribution in [3.05, 3.63) is 23.8 Å². The molecule has 1 aromatic rings. The Morgan fingerprint density at radius 1 is 1.29 bits per heavy atom. The summed E-state index contributed by atoms with van der Waals surface area (Å²) < 4.78 is 0. The maximum absolute atomic E-state index is 11.4. The molecule has 0 bridgehead atoms. The van der Waals surface area contributed by atoms with Gasteiger partial charge in [-0.1, -0.05) is 6.07 Å². The summed E-state index contributed by atoms with van der Waals surface area (Å²) in [6.07, 6.45) is 0. The van der Waals surface area contributed by atoms with Crippen LogP contribution in [0.4, 0.5) is 11.4 Å². The number of nitrogen functional groups attached to an aromatic ring is 1. The Morgan fingerprint density at radius 2 is 1.90 bits per heavy atom. The fourth-order valence-electron chi connectivity index (χ4n) is 2.74. The first-order valence-electron chi connectivity index (χ1n) is 7.16. The van der Waals surface area contributed by atoms with E-state index < -0.39 is 11.5 Å². The lowest BCUT2D eigenvalue weighted by molar-refractivity contribution is 0.0345. The minimum Gasteiger partial charge on any atom is -0.396 e. The third-order valence-electron chi connectivity index (χ3n) is 3.67. The molecule has 2 rings (SSSR count). The monoisotopic (exact) mass is 292 g/mol. The number of nitrogens with two attached hydrogens (primary N) is 2. The molecular weight excluding hydrogens is 268 g/mol. The average Bonchev–Trinajstić information content (AvgIpc) is 2.38. The van der Waals surface area contributed by atoms with Gasteiger partial charge < -0.3 is 21.5 Å². The van der Waals surface area contributed by atoms with Crippen molar-refractivity contribution >= 4 is 17.3 Å². The summed E-state index contributed by atoms with van der Waals surface area (Å²) >= 11 is 0. The summed E-state index contributed by atoms with van der Waals surface area (Å²) in [4.78, 5) is 15.7. The van der Waals surface area contributed by atoms with Crippen LogP contribution in [0.1, 0.15) is 24.2 Å². The summed E-state index contributed by atoms with van der Waals surface area (Å²) in [6, 6.07) is 5.36. The number of para-hydroxylation sites is 1. The highest BCUT2D eigenvalue weighted by Gasteiger charge is 2.24. The summed E-state index contributed by atoms with van der Waals surface area (Å²) in [5, 5.41) is 9.87. The molecule has 1 aliphatic rings. The van der Waals surface area contributed by atoms with E-state index in [4.69, 9.17) is 11.5 Å². The normalized spacial score (nSPS) is 17.0. The van der Waals surface area contributed by atoms with Crippen molar-refractivity contribution < 1.29 is 9.90 Å². The molecular formula is C15H24N4O2. The molecule has 1 aliphatic heterocycles. The standard InChI is InChI=1S/C15H24N4O2/c1-15(2,21)10-18-6-8-19(9-7-18)12-5-3-4-11(13(12)16)14(17)20/h3-5,21H,6-10,16H2,1-2H3,(H2,17,20). The van der Waals surface area contributed by atoms with Gasteiger partial charge in [0, 0.05) is 32.7 Å². The molecule has 0 radical (unpaired) electrons. The summed E-state index contributed by atoms with van der Waals surface area (Å²) in [5.74, 6) is -0.505. The van der Waals surface area contributed by atoms with Crippen LogP contribution in [0, 0.1) is 0 Å². The van der Waals surface area contributed by atoms with Gasteiger partial charge in [-0.3, -0.25) is 9.69 Å². The number of amides is 1. The maximum Gasteiger partial charge on any atom is 0.250 e. The van der Waals surface area contributed by atoms with Crippen molar-refractivity contribution in [1.82, 2.24) is 4.90 Å². The Labute approximate surface area is 125 Å². The molecule has 0 aliphatic carbocycles. The Balaban J connectivity index is 2.06. The van der Waals surface area contributed by atoms with Crippen LogP contribution in [0.25, 0.3) is 0 Å². The van der Waals surface area contributed by atoms with Gasteiger partial charge >= 0.3 is 0 Å². The van der Waals surface area contributed by atoms with Gasteiger partial charge in [-0.2, -0.15) is 0 Å². The van der Waals surface area contributed by atoms with E-state index in [1.54, 1.807) is 12.1 Å². The van der Waals surface area contributed by atoms with Gasteiger partial charge in [0.15, 0.2) is 0 Å². The number of hydrogen-bond acceptors (Lipinski definition) is 5. The van der Waals surface area contributed by atoms with Crippen LogP contribution in [0.2, 0.25) is 0 Å². The summed E-state index contributed by atoms with van der Waals surface area (Å²) in [7, 11) is 0. The van der Waals surface area contributed by atoms with Gasteiger partial charge in [-0.05, 0) is 26.0 Å². The van der Waals surface area contributed by atoms with Crippen LogP contribution in [0.15, 0.2) is 18.2 Å². The molecule has 1 heterocycles. The van der Waals surface area contributed by atoms with Crippen LogP contribution < -0.4 is 16.4 Å². The van der Waals surface area contributed by atoms with Crippen LogP contribution in [0.3, 0.4) is 0 Å². The Bertz CT molecular complexity index is 517. The highest BCUT2D eigenvalue weighted by molar-refractivity contribution is 6.00. The minimum atomic E-state index is -0.687. The number of nitrogens with zero attached hydrogens (tertiary/aromatic N) is 2. The molecule has 0 spiro atoms. The fourth-order valence-corrected chi connectivity index (χ4v) is 2.74. The lowest BCUT2D eigenvalue weighted by atomic mass is 10.1. The van der Waals surface area contributed by atoms with E-state index in [1.807, 2.05) is 19.9 Å². The van der Waals surface area contributed by atoms with Gasteiger partial charge in [0.25, 0.3) is 5.91 Å². The molecule has 0 aromatic heterocycles. The van der Waals surface area contributed by atoms with E-state index in [2.05, 4.69) is 9.80 Å². The third-order valence-corrected chi connectivity index (χ3v) is 3.67. The summed E-state index contributed by atoms with van der Waals surface area (Å²) in [6.45, 7) is 7.60.